The van der Waals surface area contributed by atoms with Crippen LogP contribution in [0.15, 0.2) is 48.7 Å². The number of hydrogen-bond acceptors (Lipinski definition) is 7. The molecule has 7 nitrogen and oxygen atoms in total. The van der Waals surface area contributed by atoms with Gasteiger partial charge < -0.3 is 15.0 Å². The number of aryl methyl sites for hydroxylation is 3. The van der Waals surface area contributed by atoms with Crippen LogP contribution in [0, 0.1) is 20.8 Å². The van der Waals surface area contributed by atoms with Crippen LogP contribution in [0.25, 0.3) is 0 Å². The van der Waals surface area contributed by atoms with E-state index in [0.29, 0.717) is 19.2 Å². The van der Waals surface area contributed by atoms with Gasteiger partial charge in [0.05, 0.1) is 12.6 Å². The smallest absolute Gasteiger partial charge is 0.229 e. The van der Waals surface area contributed by atoms with Crippen LogP contribution in [0.5, 0.6) is 5.75 Å². The van der Waals surface area contributed by atoms with Crippen LogP contribution in [0.2, 0.25) is 0 Å². The van der Waals surface area contributed by atoms with Crippen molar-refractivity contribution in [2.75, 3.05) is 43.2 Å². The third-order valence-corrected chi connectivity index (χ3v) is 6.51. The first-order valence-corrected chi connectivity index (χ1v) is 12.5. The van der Waals surface area contributed by atoms with Crippen molar-refractivity contribution in [1.29, 1.82) is 0 Å². The van der Waals surface area contributed by atoms with Gasteiger partial charge in [0.15, 0.2) is 5.82 Å². The molecule has 0 saturated carbocycles. The molecule has 0 radical (unpaired) electrons. The van der Waals surface area contributed by atoms with Crippen molar-refractivity contribution in [2.24, 2.45) is 0 Å². The maximum absolute atomic E-state index is 6.14. The maximum atomic E-state index is 6.14. The van der Waals surface area contributed by atoms with Crippen molar-refractivity contribution in [3.8, 4) is 5.75 Å². The largest absolute Gasteiger partial charge is 0.492 e. The number of hydrogen-bond donors (Lipinski definition) is 1. The molecule has 3 aromatic rings. The molecule has 0 spiro atoms. The summed E-state index contributed by atoms with van der Waals surface area (Å²) in [7, 11) is 0. The van der Waals surface area contributed by atoms with E-state index in [9.17, 15) is 0 Å². The first-order chi connectivity index (χ1) is 17.0. The molecule has 7 heteroatoms. The first kappa shape index (κ1) is 24.9. The Bertz CT molecular complexity index is 1090. The van der Waals surface area contributed by atoms with E-state index in [1.807, 2.05) is 24.3 Å². The lowest BCUT2D eigenvalue weighted by Crippen LogP contribution is -2.28. The Morgan fingerprint density at radius 1 is 1.06 bits per heavy atom. The lowest BCUT2D eigenvalue weighted by Gasteiger charge is -2.25. The molecule has 0 bridgehead atoms. The molecule has 0 amide bonds. The van der Waals surface area contributed by atoms with Crippen molar-refractivity contribution in [3.63, 3.8) is 0 Å². The summed E-state index contributed by atoms with van der Waals surface area (Å²) in [6.07, 6.45) is 2.77. The van der Waals surface area contributed by atoms with Gasteiger partial charge in [-0.05, 0) is 62.7 Å². The summed E-state index contributed by atoms with van der Waals surface area (Å²) in [4.78, 5) is 17.7. The molecule has 1 N–H and O–H groups in total. The Kier molecular flexibility index (Phi) is 8.21. The SMILES string of the molecule is CCN(CC)CCOc1c(C)cc(Nc2ncc(C)c(N3OCCC3c3ccccc3)n2)cc1C. The number of aromatic nitrogens is 2. The van der Waals surface area contributed by atoms with Crippen LogP contribution >= 0.6 is 0 Å². The zero-order valence-electron chi connectivity index (χ0n) is 21.5. The summed E-state index contributed by atoms with van der Waals surface area (Å²) in [5.74, 6) is 2.28. The van der Waals surface area contributed by atoms with Crippen LogP contribution in [0.1, 0.15) is 48.6 Å². The molecule has 1 saturated heterocycles. The molecule has 35 heavy (non-hydrogen) atoms. The number of benzene rings is 2. The van der Waals surface area contributed by atoms with Gasteiger partial charge in [0.1, 0.15) is 12.4 Å². The van der Waals surface area contributed by atoms with Crippen molar-refractivity contribution in [1.82, 2.24) is 14.9 Å². The van der Waals surface area contributed by atoms with Crippen molar-refractivity contribution < 1.29 is 9.57 Å². The highest BCUT2D eigenvalue weighted by Gasteiger charge is 2.30. The third-order valence-electron chi connectivity index (χ3n) is 6.51. The van der Waals surface area contributed by atoms with Gasteiger partial charge in [-0.1, -0.05) is 44.2 Å². The summed E-state index contributed by atoms with van der Waals surface area (Å²) in [6.45, 7) is 14.9. The Morgan fingerprint density at radius 3 is 2.46 bits per heavy atom. The molecule has 2 aromatic carbocycles. The van der Waals surface area contributed by atoms with Gasteiger partial charge in [-0.2, -0.15) is 4.98 Å². The number of hydroxylamine groups is 1. The van der Waals surface area contributed by atoms with E-state index in [0.717, 1.165) is 60.0 Å². The highest BCUT2D eigenvalue weighted by atomic mass is 16.7. The van der Waals surface area contributed by atoms with E-state index in [1.165, 1.54) is 5.56 Å². The van der Waals surface area contributed by atoms with Gasteiger partial charge in [-0.25, -0.2) is 10.0 Å². The zero-order chi connectivity index (χ0) is 24.8. The molecule has 1 aromatic heterocycles. The quantitative estimate of drug-likeness (QED) is 0.401. The van der Waals surface area contributed by atoms with Crippen LogP contribution in [0.3, 0.4) is 0 Å². The van der Waals surface area contributed by atoms with Gasteiger partial charge in [0.25, 0.3) is 0 Å². The van der Waals surface area contributed by atoms with Crippen LogP contribution in [0.4, 0.5) is 17.5 Å². The average Bonchev–Trinajstić information content (AvgIpc) is 3.35. The van der Waals surface area contributed by atoms with E-state index in [-0.39, 0.29) is 6.04 Å². The minimum absolute atomic E-state index is 0.134. The van der Waals surface area contributed by atoms with Gasteiger partial charge in [0, 0.05) is 30.4 Å². The minimum atomic E-state index is 0.134. The fourth-order valence-electron chi connectivity index (χ4n) is 4.57. The average molecular weight is 476 g/mol. The monoisotopic (exact) mass is 475 g/mol. The van der Waals surface area contributed by atoms with Gasteiger partial charge in [-0.3, -0.25) is 4.84 Å². The lowest BCUT2D eigenvalue weighted by molar-refractivity contribution is 0.156. The van der Waals surface area contributed by atoms with E-state index in [4.69, 9.17) is 14.6 Å². The van der Waals surface area contributed by atoms with Crippen LogP contribution in [-0.4, -0.2) is 47.7 Å². The lowest BCUT2D eigenvalue weighted by atomic mass is 10.0. The molecule has 1 atom stereocenters. The predicted octanol–water partition coefficient (Wildman–Crippen LogP) is 5.75. The second kappa shape index (κ2) is 11.5. The van der Waals surface area contributed by atoms with E-state index in [1.54, 1.807) is 0 Å². The predicted molar refractivity (Wildman–Crippen MR) is 141 cm³/mol. The summed E-state index contributed by atoms with van der Waals surface area (Å²) >= 11 is 0. The highest BCUT2D eigenvalue weighted by Crippen LogP contribution is 2.36. The molecule has 1 aliphatic heterocycles. The number of nitrogens with zero attached hydrogens (tertiary/aromatic N) is 4. The Labute approximate surface area is 209 Å². The zero-order valence-corrected chi connectivity index (χ0v) is 21.5. The third kappa shape index (κ3) is 5.92. The summed E-state index contributed by atoms with van der Waals surface area (Å²) in [5, 5.41) is 5.31. The Balaban J connectivity index is 1.49. The molecule has 1 fully saturated rings. The molecule has 186 valence electrons. The fourth-order valence-corrected chi connectivity index (χ4v) is 4.57. The molecule has 2 heterocycles. The second-order valence-electron chi connectivity index (χ2n) is 9.01. The summed E-state index contributed by atoms with van der Waals surface area (Å²) < 4.78 is 6.14. The number of rotatable bonds is 10. The topological polar surface area (TPSA) is 62.8 Å². The second-order valence-corrected chi connectivity index (χ2v) is 9.01. The summed E-state index contributed by atoms with van der Waals surface area (Å²) in [5.41, 5.74) is 5.31. The van der Waals surface area contributed by atoms with E-state index >= 15 is 0 Å². The number of nitrogens with one attached hydrogen (secondary N) is 1. The minimum Gasteiger partial charge on any atom is -0.492 e. The maximum Gasteiger partial charge on any atom is 0.229 e. The van der Waals surface area contributed by atoms with Crippen molar-refractivity contribution >= 4 is 17.5 Å². The molecular weight excluding hydrogens is 438 g/mol. The number of likely N-dealkylation sites (N-methyl/N-ethyl adjacent to an activating group) is 1. The molecule has 1 unspecified atom stereocenters. The van der Waals surface area contributed by atoms with Crippen molar-refractivity contribution in [3.05, 3.63) is 70.9 Å². The van der Waals surface area contributed by atoms with E-state index < -0.39 is 0 Å². The first-order valence-electron chi connectivity index (χ1n) is 12.5. The molecule has 4 rings (SSSR count). The van der Waals surface area contributed by atoms with Crippen LogP contribution < -0.4 is 15.1 Å². The molecule has 1 aliphatic rings. The summed E-state index contributed by atoms with van der Waals surface area (Å²) in [6, 6.07) is 14.7. The van der Waals surface area contributed by atoms with Crippen molar-refractivity contribution in [2.45, 2.75) is 47.1 Å². The number of ether oxygens (including phenoxy) is 1. The Morgan fingerprint density at radius 2 is 1.77 bits per heavy atom. The molecule has 0 aliphatic carbocycles. The van der Waals surface area contributed by atoms with Gasteiger partial charge >= 0.3 is 0 Å². The number of anilines is 3. The van der Waals surface area contributed by atoms with Gasteiger partial charge in [0.2, 0.25) is 5.95 Å². The van der Waals surface area contributed by atoms with E-state index in [2.05, 4.69) is 79.3 Å². The molecular formula is C28H37N5O2. The fraction of sp³-hybridized carbons (Fsp3) is 0.429. The standard InChI is InChI=1S/C28H37N5O2/c1-6-32(7-2)14-16-34-26-20(3)17-24(18-21(26)4)30-28-29-19-22(5)27(31-28)33-25(13-15-35-33)23-11-9-8-10-12-23/h8-12,17-19,25H,6-7,13-16H2,1-5H3,(H,29,30,31). The highest BCUT2D eigenvalue weighted by molar-refractivity contribution is 5.61. The van der Waals surface area contributed by atoms with Crippen LogP contribution in [-0.2, 0) is 4.84 Å². The Hall–Kier alpha value is -3.16. The van der Waals surface area contributed by atoms with Gasteiger partial charge in [-0.15, -0.1) is 0 Å². The normalized spacial score (nSPS) is 15.6.